The molecule has 0 fully saturated rings. The monoisotopic (exact) mass is 296 g/mol. The fraction of sp³-hybridized carbons (Fsp3) is 0.0714. The minimum Gasteiger partial charge on any atom is -0.497 e. The van der Waals surface area contributed by atoms with Crippen molar-refractivity contribution in [1.82, 2.24) is 0 Å². The molecule has 3 nitrogen and oxygen atoms in total. The number of halogens is 2. The van der Waals surface area contributed by atoms with Gasteiger partial charge in [0, 0.05) is 15.6 Å². The molecule has 0 amide bonds. The molecule has 98 valence electrons. The molecular weight excluding hydrogens is 287 g/mol. The van der Waals surface area contributed by atoms with Crippen LogP contribution in [0.1, 0.15) is 10.4 Å². The summed E-state index contributed by atoms with van der Waals surface area (Å²) in [5.74, 6) is -0.443. The van der Waals surface area contributed by atoms with Crippen LogP contribution in [-0.2, 0) is 0 Å². The van der Waals surface area contributed by atoms with E-state index >= 15 is 0 Å². The Labute approximate surface area is 120 Å². The van der Waals surface area contributed by atoms with Gasteiger partial charge in [0.25, 0.3) is 0 Å². The van der Waals surface area contributed by atoms with Gasteiger partial charge in [-0.2, -0.15) is 0 Å². The summed E-state index contributed by atoms with van der Waals surface area (Å²) in [4.78, 5) is 11.3. The zero-order valence-electron chi connectivity index (χ0n) is 9.98. The first-order valence-corrected chi connectivity index (χ1v) is 6.15. The van der Waals surface area contributed by atoms with Gasteiger partial charge in [0.05, 0.1) is 12.7 Å². The van der Waals surface area contributed by atoms with Crippen LogP contribution in [-0.4, -0.2) is 18.2 Å². The maximum Gasteiger partial charge on any atom is 0.336 e. The Morgan fingerprint density at radius 3 is 2.47 bits per heavy atom. The standard InChI is InChI=1S/C14H10Cl2O3/c1-19-9-3-5-13(16)12(7-9)11-6-8(15)2-4-10(11)14(17)18/h2-7H,1H3,(H,17,18). The second kappa shape index (κ2) is 5.51. The molecule has 0 spiro atoms. The van der Waals surface area contributed by atoms with Gasteiger partial charge >= 0.3 is 5.97 Å². The van der Waals surface area contributed by atoms with Gasteiger partial charge < -0.3 is 9.84 Å². The normalized spacial score (nSPS) is 10.3. The van der Waals surface area contributed by atoms with Crippen LogP contribution >= 0.6 is 23.2 Å². The quantitative estimate of drug-likeness (QED) is 0.915. The average molecular weight is 297 g/mol. The van der Waals surface area contributed by atoms with Crippen molar-refractivity contribution in [1.29, 1.82) is 0 Å². The van der Waals surface area contributed by atoms with E-state index in [2.05, 4.69) is 0 Å². The second-order valence-corrected chi connectivity index (χ2v) is 4.68. The number of hydrogen-bond acceptors (Lipinski definition) is 2. The van der Waals surface area contributed by atoms with E-state index in [0.29, 0.717) is 26.9 Å². The van der Waals surface area contributed by atoms with Crippen LogP contribution in [0, 0.1) is 0 Å². The van der Waals surface area contributed by atoms with Crippen molar-refractivity contribution >= 4 is 29.2 Å². The third-order valence-corrected chi connectivity index (χ3v) is 3.24. The largest absolute Gasteiger partial charge is 0.497 e. The predicted molar refractivity (Wildman–Crippen MR) is 75.4 cm³/mol. The number of carboxylic acid groups (broad SMARTS) is 1. The maximum absolute atomic E-state index is 11.3. The summed E-state index contributed by atoms with van der Waals surface area (Å²) in [5.41, 5.74) is 1.17. The lowest BCUT2D eigenvalue weighted by molar-refractivity contribution is 0.0698. The lowest BCUT2D eigenvalue weighted by Gasteiger charge is -2.10. The molecule has 1 N–H and O–H groups in total. The molecule has 0 aliphatic heterocycles. The summed E-state index contributed by atoms with van der Waals surface area (Å²) in [6, 6.07) is 9.60. The molecule has 0 bridgehead atoms. The smallest absolute Gasteiger partial charge is 0.336 e. The molecule has 5 heteroatoms. The number of carbonyl (C=O) groups is 1. The van der Waals surface area contributed by atoms with E-state index in [4.69, 9.17) is 27.9 Å². The fourth-order valence-electron chi connectivity index (χ4n) is 1.76. The van der Waals surface area contributed by atoms with Gasteiger partial charge in [-0.1, -0.05) is 23.2 Å². The van der Waals surface area contributed by atoms with Crippen LogP contribution in [0.3, 0.4) is 0 Å². The third-order valence-electron chi connectivity index (χ3n) is 2.68. The molecule has 2 aromatic rings. The third kappa shape index (κ3) is 2.83. The molecule has 0 heterocycles. The highest BCUT2D eigenvalue weighted by Gasteiger charge is 2.15. The van der Waals surface area contributed by atoms with Gasteiger partial charge in [0.1, 0.15) is 5.75 Å². The van der Waals surface area contributed by atoms with Crippen molar-refractivity contribution in [3.63, 3.8) is 0 Å². The number of benzene rings is 2. The molecule has 0 saturated heterocycles. The Morgan fingerprint density at radius 2 is 1.84 bits per heavy atom. The molecule has 0 atom stereocenters. The van der Waals surface area contributed by atoms with Crippen LogP contribution in [0.15, 0.2) is 36.4 Å². The van der Waals surface area contributed by atoms with E-state index < -0.39 is 5.97 Å². The van der Waals surface area contributed by atoms with E-state index in [1.807, 2.05) is 0 Å². The van der Waals surface area contributed by atoms with Crippen molar-refractivity contribution in [3.8, 4) is 16.9 Å². The Balaban J connectivity index is 2.70. The first-order valence-electron chi connectivity index (χ1n) is 5.39. The van der Waals surface area contributed by atoms with Gasteiger partial charge in [-0.3, -0.25) is 0 Å². The summed E-state index contributed by atoms with van der Waals surface area (Å²) < 4.78 is 5.12. The van der Waals surface area contributed by atoms with Crippen LogP contribution < -0.4 is 4.74 Å². The SMILES string of the molecule is COc1ccc(Cl)c(-c2cc(Cl)ccc2C(=O)O)c1. The van der Waals surface area contributed by atoms with Gasteiger partial charge in [-0.05, 0) is 42.0 Å². The first-order chi connectivity index (χ1) is 9.02. The number of ether oxygens (including phenoxy) is 1. The highest BCUT2D eigenvalue weighted by molar-refractivity contribution is 6.34. The molecule has 19 heavy (non-hydrogen) atoms. The minimum absolute atomic E-state index is 0.138. The number of hydrogen-bond donors (Lipinski definition) is 1. The molecule has 0 aromatic heterocycles. The Bertz CT molecular complexity index is 639. The highest BCUT2D eigenvalue weighted by Crippen LogP contribution is 2.35. The maximum atomic E-state index is 11.3. The lowest BCUT2D eigenvalue weighted by Crippen LogP contribution is -2.00. The Kier molecular flexibility index (Phi) is 3.98. The molecule has 2 rings (SSSR count). The van der Waals surface area contributed by atoms with Crippen LogP contribution in [0.2, 0.25) is 10.0 Å². The van der Waals surface area contributed by atoms with Crippen molar-refractivity contribution in [2.45, 2.75) is 0 Å². The van der Waals surface area contributed by atoms with Gasteiger partial charge in [0.15, 0.2) is 0 Å². The summed E-state index contributed by atoms with van der Waals surface area (Å²) in [6.07, 6.45) is 0. The molecule has 0 saturated carbocycles. The molecule has 0 aliphatic rings. The van der Waals surface area contributed by atoms with Gasteiger partial charge in [-0.15, -0.1) is 0 Å². The molecule has 2 aromatic carbocycles. The van der Waals surface area contributed by atoms with Crippen molar-refractivity contribution in [3.05, 3.63) is 52.0 Å². The van der Waals surface area contributed by atoms with Crippen LogP contribution in [0.4, 0.5) is 0 Å². The number of methoxy groups -OCH3 is 1. The highest BCUT2D eigenvalue weighted by atomic mass is 35.5. The number of carboxylic acids is 1. The van der Waals surface area contributed by atoms with E-state index in [9.17, 15) is 9.90 Å². The first kappa shape index (κ1) is 13.7. The summed E-state index contributed by atoms with van der Waals surface area (Å²) in [7, 11) is 1.53. The van der Waals surface area contributed by atoms with Crippen molar-refractivity contribution in [2.24, 2.45) is 0 Å². The van der Waals surface area contributed by atoms with Crippen molar-refractivity contribution < 1.29 is 14.6 Å². The lowest BCUT2D eigenvalue weighted by atomic mass is 9.99. The Morgan fingerprint density at radius 1 is 1.11 bits per heavy atom. The van der Waals surface area contributed by atoms with Crippen LogP contribution in [0.25, 0.3) is 11.1 Å². The number of aromatic carboxylic acids is 1. The topological polar surface area (TPSA) is 46.5 Å². The Hall–Kier alpha value is -1.71. The van der Waals surface area contributed by atoms with E-state index in [1.54, 1.807) is 24.3 Å². The summed E-state index contributed by atoms with van der Waals surface area (Å²) in [5, 5.41) is 10.1. The molecule has 0 radical (unpaired) electrons. The second-order valence-electron chi connectivity index (χ2n) is 3.84. The number of rotatable bonds is 3. The van der Waals surface area contributed by atoms with Crippen LogP contribution in [0.5, 0.6) is 5.75 Å². The fourth-order valence-corrected chi connectivity index (χ4v) is 2.16. The van der Waals surface area contributed by atoms with E-state index in [0.717, 1.165) is 0 Å². The van der Waals surface area contributed by atoms with Crippen molar-refractivity contribution in [2.75, 3.05) is 7.11 Å². The molecule has 0 aliphatic carbocycles. The van der Waals surface area contributed by atoms with E-state index in [1.165, 1.54) is 19.2 Å². The predicted octanol–water partition coefficient (Wildman–Crippen LogP) is 4.37. The minimum atomic E-state index is -1.04. The zero-order chi connectivity index (χ0) is 14.0. The zero-order valence-corrected chi connectivity index (χ0v) is 11.5. The van der Waals surface area contributed by atoms with Gasteiger partial charge in [0.2, 0.25) is 0 Å². The summed E-state index contributed by atoms with van der Waals surface area (Å²) >= 11 is 12.1. The molecular formula is C14H10Cl2O3. The van der Waals surface area contributed by atoms with Gasteiger partial charge in [-0.25, -0.2) is 4.79 Å². The van der Waals surface area contributed by atoms with E-state index in [-0.39, 0.29) is 5.56 Å². The summed E-state index contributed by atoms with van der Waals surface area (Å²) in [6.45, 7) is 0. The average Bonchev–Trinajstić information content (AvgIpc) is 2.38. The molecule has 0 unspecified atom stereocenters.